The van der Waals surface area contributed by atoms with Crippen molar-refractivity contribution < 1.29 is 0 Å². The van der Waals surface area contributed by atoms with E-state index in [0.29, 0.717) is 33.4 Å². The van der Waals surface area contributed by atoms with Crippen LogP contribution in [0.1, 0.15) is 25.0 Å². The first-order valence-corrected chi connectivity index (χ1v) is 14.4. The fraction of sp³-hybridized carbons (Fsp3) is 0.310. The number of benzene rings is 1. The molecule has 0 spiro atoms. The summed E-state index contributed by atoms with van der Waals surface area (Å²) in [5.74, 6) is 0.929. The third-order valence-corrected chi connectivity index (χ3v) is 8.08. The van der Waals surface area contributed by atoms with Crippen molar-refractivity contribution in [1.29, 1.82) is 0 Å². The number of imidazole rings is 1. The van der Waals surface area contributed by atoms with Gasteiger partial charge in [-0.15, -0.1) is 5.10 Å². The minimum absolute atomic E-state index is 0.210. The maximum absolute atomic E-state index is 14.0. The van der Waals surface area contributed by atoms with Crippen LogP contribution in [-0.4, -0.2) is 65.3 Å². The van der Waals surface area contributed by atoms with Gasteiger partial charge in [0.1, 0.15) is 11.5 Å². The van der Waals surface area contributed by atoms with Gasteiger partial charge in [0, 0.05) is 68.6 Å². The Hall–Kier alpha value is -4.55. The molecule has 1 aliphatic carbocycles. The van der Waals surface area contributed by atoms with Crippen molar-refractivity contribution in [1.82, 2.24) is 44.4 Å². The van der Waals surface area contributed by atoms with Crippen LogP contribution in [0.5, 0.6) is 0 Å². The molecule has 42 heavy (non-hydrogen) atoms. The van der Waals surface area contributed by atoms with Crippen molar-refractivity contribution in [3.05, 3.63) is 76.2 Å². The van der Waals surface area contributed by atoms with Crippen molar-refractivity contribution in [2.24, 2.45) is 7.05 Å². The van der Waals surface area contributed by atoms with E-state index < -0.39 is 0 Å². The van der Waals surface area contributed by atoms with Gasteiger partial charge in [-0.05, 0) is 43.5 Å². The van der Waals surface area contributed by atoms with E-state index in [9.17, 15) is 4.79 Å². The molecule has 1 aromatic carbocycles. The standard InChI is InChI=1S/C29H30ClN11O/c1-38-11-10-32-27(38)23-14-19-16-33-29(35-20-6-7-25(24(30)15-20)39-12-8-31-9-13-39)36-26(19)40(28(23)42)18-22-17-34-37-41(22)21-4-2-3-5-21/h4,6-7,10-11,14-17,31H,2-3,5,8-9,12-13,18H2,1H3,(H,33,35,36). The van der Waals surface area contributed by atoms with E-state index in [-0.39, 0.29) is 12.1 Å². The lowest BCUT2D eigenvalue weighted by Crippen LogP contribution is -2.43. The van der Waals surface area contributed by atoms with Gasteiger partial charge in [-0.25, -0.2) is 14.6 Å². The van der Waals surface area contributed by atoms with E-state index in [4.69, 9.17) is 16.6 Å². The Labute approximate surface area is 246 Å². The Bertz CT molecular complexity index is 1870. The summed E-state index contributed by atoms with van der Waals surface area (Å²) < 4.78 is 5.31. The Balaban J connectivity index is 1.28. The minimum atomic E-state index is -0.210. The van der Waals surface area contributed by atoms with Crippen molar-refractivity contribution in [3.63, 3.8) is 0 Å². The molecule has 0 amide bonds. The smallest absolute Gasteiger partial charge is 0.263 e. The summed E-state index contributed by atoms with van der Waals surface area (Å²) in [4.78, 5) is 30.1. The molecule has 1 fully saturated rings. The fourth-order valence-electron chi connectivity index (χ4n) is 5.64. The van der Waals surface area contributed by atoms with E-state index >= 15 is 0 Å². The Morgan fingerprint density at radius 2 is 2.00 bits per heavy atom. The molecule has 2 aliphatic rings. The molecule has 5 aromatic rings. The highest BCUT2D eigenvalue weighted by atomic mass is 35.5. The molecule has 4 aromatic heterocycles. The highest BCUT2D eigenvalue weighted by Gasteiger charge is 2.20. The number of aromatic nitrogens is 8. The summed E-state index contributed by atoms with van der Waals surface area (Å²) in [7, 11) is 1.87. The van der Waals surface area contributed by atoms with Crippen LogP contribution < -0.4 is 21.1 Å². The summed E-state index contributed by atoms with van der Waals surface area (Å²) in [6.07, 6.45) is 12.1. The zero-order valence-electron chi connectivity index (χ0n) is 23.2. The number of fused-ring (bicyclic) bond motifs is 1. The third-order valence-electron chi connectivity index (χ3n) is 7.78. The molecular formula is C29H30ClN11O. The number of aryl methyl sites for hydroxylation is 1. The van der Waals surface area contributed by atoms with E-state index in [1.165, 1.54) is 0 Å². The molecule has 0 unspecified atom stereocenters. The van der Waals surface area contributed by atoms with Gasteiger partial charge in [-0.3, -0.25) is 9.36 Å². The molecule has 2 N–H and O–H groups in total. The molecule has 12 nitrogen and oxygen atoms in total. The van der Waals surface area contributed by atoms with Gasteiger partial charge in [-0.1, -0.05) is 22.9 Å². The average Bonchev–Trinajstić information content (AvgIpc) is 3.78. The summed E-state index contributed by atoms with van der Waals surface area (Å²) in [6, 6.07) is 7.66. The van der Waals surface area contributed by atoms with E-state index in [1.807, 2.05) is 40.7 Å². The van der Waals surface area contributed by atoms with Gasteiger partial charge in [0.15, 0.2) is 0 Å². The van der Waals surface area contributed by atoms with E-state index in [2.05, 4.69) is 41.9 Å². The fourth-order valence-corrected chi connectivity index (χ4v) is 5.94. The number of allylic oxidation sites excluding steroid dienone is 2. The molecule has 0 atom stereocenters. The van der Waals surface area contributed by atoms with Crippen molar-refractivity contribution in [2.45, 2.75) is 25.8 Å². The number of pyridine rings is 1. The number of hydrogen-bond donors (Lipinski definition) is 2. The topological polar surface area (TPSA) is 124 Å². The third kappa shape index (κ3) is 4.92. The molecule has 214 valence electrons. The van der Waals surface area contributed by atoms with Crippen LogP contribution in [0.4, 0.5) is 17.3 Å². The van der Waals surface area contributed by atoms with Gasteiger partial charge in [0.2, 0.25) is 5.95 Å². The second kappa shape index (κ2) is 11.0. The molecule has 5 heterocycles. The lowest BCUT2D eigenvalue weighted by atomic mass is 10.2. The van der Waals surface area contributed by atoms with Crippen LogP contribution in [0.3, 0.4) is 0 Å². The van der Waals surface area contributed by atoms with E-state index in [1.54, 1.807) is 29.2 Å². The van der Waals surface area contributed by atoms with Crippen LogP contribution in [-0.2, 0) is 13.6 Å². The van der Waals surface area contributed by atoms with Gasteiger partial charge >= 0.3 is 0 Å². The maximum atomic E-state index is 14.0. The number of hydrogen-bond acceptors (Lipinski definition) is 9. The quantitative estimate of drug-likeness (QED) is 0.295. The predicted molar refractivity (Wildman–Crippen MR) is 163 cm³/mol. The van der Waals surface area contributed by atoms with Crippen LogP contribution >= 0.6 is 11.6 Å². The predicted octanol–water partition coefficient (Wildman–Crippen LogP) is 3.66. The number of anilines is 3. The second-order valence-electron chi connectivity index (χ2n) is 10.5. The van der Waals surface area contributed by atoms with Crippen LogP contribution in [0.2, 0.25) is 5.02 Å². The number of piperazine rings is 1. The number of rotatable bonds is 7. The molecule has 0 radical (unpaired) electrons. The Kier molecular flexibility index (Phi) is 6.92. The zero-order valence-corrected chi connectivity index (χ0v) is 23.9. The maximum Gasteiger partial charge on any atom is 0.263 e. The van der Waals surface area contributed by atoms with Gasteiger partial charge in [0.25, 0.3) is 5.56 Å². The summed E-state index contributed by atoms with van der Waals surface area (Å²) in [6.45, 7) is 3.91. The molecule has 0 bridgehead atoms. The number of halogens is 1. The lowest BCUT2D eigenvalue weighted by Gasteiger charge is -2.30. The van der Waals surface area contributed by atoms with Gasteiger partial charge in [-0.2, -0.15) is 4.98 Å². The molecule has 13 heteroatoms. The SMILES string of the molecule is Cn1ccnc1-c1cc2cnc(Nc3ccc(N4CCNCC4)c(Cl)c3)nc2n(Cc2cnnn2C2=CCCC2)c1=O. The summed E-state index contributed by atoms with van der Waals surface area (Å²) >= 11 is 6.68. The monoisotopic (exact) mass is 583 g/mol. The second-order valence-corrected chi connectivity index (χ2v) is 10.9. The first kappa shape index (κ1) is 26.4. The molecule has 1 aliphatic heterocycles. The molecule has 7 rings (SSSR count). The first-order valence-electron chi connectivity index (χ1n) is 14.0. The first-order chi connectivity index (χ1) is 20.5. The van der Waals surface area contributed by atoms with Crippen LogP contribution in [0, 0.1) is 0 Å². The Morgan fingerprint density at radius 1 is 1.12 bits per heavy atom. The number of nitrogens with zero attached hydrogens (tertiary/aromatic N) is 9. The molecule has 0 saturated carbocycles. The summed E-state index contributed by atoms with van der Waals surface area (Å²) in [5.41, 5.74) is 4.40. The summed E-state index contributed by atoms with van der Waals surface area (Å²) in [5, 5.41) is 16.5. The van der Waals surface area contributed by atoms with Gasteiger partial charge < -0.3 is 20.1 Å². The molecule has 1 saturated heterocycles. The van der Waals surface area contributed by atoms with Crippen LogP contribution in [0.25, 0.3) is 28.1 Å². The van der Waals surface area contributed by atoms with Crippen LogP contribution in [0.15, 0.2) is 59.9 Å². The lowest BCUT2D eigenvalue weighted by molar-refractivity contribution is 0.589. The average molecular weight is 584 g/mol. The number of nitrogens with one attached hydrogen (secondary N) is 2. The zero-order chi connectivity index (χ0) is 28.6. The normalized spacial score (nSPS) is 15.4. The molecular weight excluding hydrogens is 554 g/mol. The van der Waals surface area contributed by atoms with Crippen molar-refractivity contribution in [2.75, 3.05) is 36.4 Å². The van der Waals surface area contributed by atoms with E-state index in [0.717, 1.165) is 68.2 Å². The highest BCUT2D eigenvalue weighted by molar-refractivity contribution is 6.33. The Morgan fingerprint density at radius 3 is 2.76 bits per heavy atom. The largest absolute Gasteiger partial charge is 0.368 e. The van der Waals surface area contributed by atoms with Gasteiger partial charge in [0.05, 0.1) is 34.7 Å². The minimum Gasteiger partial charge on any atom is -0.368 e. The van der Waals surface area contributed by atoms with Crippen molar-refractivity contribution >= 4 is 45.7 Å². The van der Waals surface area contributed by atoms with Crippen molar-refractivity contribution in [3.8, 4) is 11.4 Å². The highest BCUT2D eigenvalue weighted by Crippen LogP contribution is 2.30.